The van der Waals surface area contributed by atoms with E-state index in [4.69, 9.17) is 9.47 Å². The van der Waals surface area contributed by atoms with E-state index in [0.29, 0.717) is 35.5 Å². The fourth-order valence-corrected chi connectivity index (χ4v) is 10.7. The van der Waals surface area contributed by atoms with Gasteiger partial charge >= 0.3 is 5.97 Å². The molecule has 5 heteroatoms. The predicted molar refractivity (Wildman–Crippen MR) is 171 cm³/mol. The van der Waals surface area contributed by atoms with Crippen molar-refractivity contribution in [1.82, 2.24) is 0 Å². The SMILES string of the molecule is CCCCOC(=O)CC[S+]([O-])CCO[C@H]1CC[C@@]2(C)C(=CC[C@H]3[C@@H]4CC[C@H]([C@H](C)CCCC(C)C)[C@@]4(C)CC[C@@H]32)C1. The quantitative estimate of drug-likeness (QED) is 0.0827. The first-order chi connectivity index (χ1) is 19.6. The lowest BCUT2D eigenvalue weighted by Crippen LogP contribution is -2.51. The van der Waals surface area contributed by atoms with Crippen LogP contribution >= 0.6 is 0 Å². The van der Waals surface area contributed by atoms with Gasteiger partial charge in [-0.05, 0) is 104 Å². The Balaban J connectivity index is 1.25. The summed E-state index contributed by atoms with van der Waals surface area (Å²) in [5, 5.41) is 0. The Bertz CT molecular complexity index is 872. The summed E-state index contributed by atoms with van der Waals surface area (Å²) < 4.78 is 23.9. The molecule has 0 aromatic carbocycles. The van der Waals surface area contributed by atoms with Gasteiger partial charge in [-0.1, -0.05) is 90.1 Å². The minimum Gasteiger partial charge on any atom is -0.616 e. The molecule has 3 saturated carbocycles. The second kappa shape index (κ2) is 15.0. The van der Waals surface area contributed by atoms with Crippen LogP contribution in [0.25, 0.3) is 0 Å². The molecule has 0 amide bonds. The molecule has 0 aromatic rings. The third-order valence-corrected chi connectivity index (χ3v) is 13.5. The van der Waals surface area contributed by atoms with Crippen LogP contribution in [0.5, 0.6) is 0 Å². The van der Waals surface area contributed by atoms with Crippen LogP contribution in [0.3, 0.4) is 0 Å². The molecule has 0 aliphatic heterocycles. The number of hydrogen-bond donors (Lipinski definition) is 0. The number of carbonyl (C=O) groups excluding carboxylic acids is 1. The molecule has 41 heavy (non-hydrogen) atoms. The first-order valence-corrected chi connectivity index (χ1v) is 18.9. The largest absolute Gasteiger partial charge is 0.616 e. The van der Waals surface area contributed by atoms with Crippen LogP contribution < -0.4 is 0 Å². The second-order valence-electron chi connectivity index (χ2n) is 15.2. The van der Waals surface area contributed by atoms with E-state index >= 15 is 0 Å². The van der Waals surface area contributed by atoms with Gasteiger partial charge in [0.1, 0.15) is 11.5 Å². The zero-order valence-corrected chi connectivity index (χ0v) is 28.2. The molecule has 9 atom stereocenters. The van der Waals surface area contributed by atoms with Gasteiger partial charge in [-0.3, -0.25) is 4.79 Å². The second-order valence-corrected chi connectivity index (χ2v) is 16.9. The summed E-state index contributed by atoms with van der Waals surface area (Å²) in [7, 11) is 0. The average molecular weight is 591 g/mol. The van der Waals surface area contributed by atoms with E-state index in [9.17, 15) is 9.35 Å². The number of unbranched alkanes of at least 4 members (excludes halogenated alkanes) is 1. The van der Waals surface area contributed by atoms with E-state index in [1.54, 1.807) is 5.57 Å². The fraction of sp³-hybridized carbons (Fsp3) is 0.917. The van der Waals surface area contributed by atoms with Crippen LogP contribution in [0.15, 0.2) is 11.6 Å². The van der Waals surface area contributed by atoms with Gasteiger partial charge in [0.05, 0.1) is 25.7 Å². The lowest BCUT2D eigenvalue weighted by molar-refractivity contribution is -0.143. The van der Waals surface area contributed by atoms with Crippen molar-refractivity contribution in [3.8, 4) is 0 Å². The summed E-state index contributed by atoms with van der Waals surface area (Å²) >= 11 is -1.03. The Morgan fingerprint density at radius 2 is 1.83 bits per heavy atom. The van der Waals surface area contributed by atoms with Crippen molar-refractivity contribution >= 4 is 17.1 Å². The molecule has 4 nitrogen and oxygen atoms in total. The fourth-order valence-electron chi connectivity index (χ4n) is 9.80. The molecular weight excluding hydrogens is 528 g/mol. The van der Waals surface area contributed by atoms with Gasteiger partial charge in [-0.15, -0.1) is 0 Å². The maximum absolute atomic E-state index is 12.4. The summed E-state index contributed by atoms with van der Waals surface area (Å²) in [6, 6.07) is 0. The first kappa shape index (κ1) is 33.4. The zero-order valence-electron chi connectivity index (χ0n) is 27.4. The van der Waals surface area contributed by atoms with Gasteiger partial charge in [0.15, 0.2) is 0 Å². The molecule has 4 rings (SSSR count). The number of rotatable bonds is 15. The molecule has 3 fully saturated rings. The van der Waals surface area contributed by atoms with Crippen LogP contribution in [0.4, 0.5) is 0 Å². The standard InChI is InChI=1S/C36H62O4S/c1-7-8-21-40-34(37)18-23-41(38)24-22-39-29-16-19-35(5)28(25-29)12-13-30-32-15-14-31(27(4)11-9-10-26(2)3)36(32,6)20-17-33(30)35/h12,26-27,29-33H,7-11,13-25H2,1-6H3/t27-,29+,30+,31-,32+,33+,35+,36-,41?/m1/s1. The van der Waals surface area contributed by atoms with E-state index in [2.05, 4.69) is 47.6 Å². The number of allylic oxidation sites excluding steroid dienone is 1. The normalized spacial score (nSPS) is 36.2. The van der Waals surface area contributed by atoms with E-state index in [1.807, 2.05) is 0 Å². The maximum atomic E-state index is 12.4. The third-order valence-electron chi connectivity index (χ3n) is 12.2. The van der Waals surface area contributed by atoms with Crippen molar-refractivity contribution in [1.29, 1.82) is 0 Å². The number of fused-ring (bicyclic) bond motifs is 5. The molecule has 0 heterocycles. The maximum Gasteiger partial charge on any atom is 0.310 e. The molecule has 1 unspecified atom stereocenters. The van der Waals surface area contributed by atoms with Crippen molar-refractivity contribution in [2.75, 3.05) is 24.7 Å². The molecule has 0 N–H and O–H groups in total. The van der Waals surface area contributed by atoms with Gasteiger partial charge in [-0.2, -0.15) is 0 Å². The zero-order chi connectivity index (χ0) is 29.6. The molecule has 236 valence electrons. The minimum absolute atomic E-state index is 0.228. The molecule has 4 aliphatic carbocycles. The highest BCUT2D eigenvalue weighted by Gasteiger charge is 2.59. The van der Waals surface area contributed by atoms with Gasteiger partial charge in [0.25, 0.3) is 0 Å². The first-order valence-electron chi connectivity index (χ1n) is 17.4. The Hall–Kier alpha value is -0.520. The lowest BCUT2D eigenvalue weighted by Gasteiger charge is -2.58. The highest BCUT2D eigenvalue weighted by molar-refractivity contribution is 7.91. The van der Waals surface area contributed by atoms with E-state index < -0.39 is 11.2 Å². The number of hydrogen-bond acceptors (Lipinski definition) is 4. The van der Waals surface area contributed by atoms with Gasteiger partial charge < -0.3 is 14.0 Å². The van der Waals surface area contributed by atoms with Crippen LogP contribution in [0.1, 0.15) is 131 Å². The van der Waals surface area contributed by atoms with Crippen molar-refractivity contribution < 1.29 is 18.8 Å². The van der Waals surface area contributed by atoms with E-state index in [1.165, 1.54) is 57.8 Å². The average Bonchev–Trinajstić information content (AvgIpc) is 3.29. The van der Waals surface area contributed by atoms with Gasteiger partial charge in [0.2, 0.25) is 0 Å². The number of carbonyl (C=O) groups is 1. The van der Waals surface area contributed by atoms with Crippen LogP contribution in [-0.2, 0) is 25.4 Å². The summed E-state index contributed by atoms with van der Waals surface area (Å²) in [6.07, 6.45) is 19.6. The molecular formula is C36H62O4S. The lowest BCUT2D eigenvalue weighted by atomic mass is 9.47. The highest BCUT2D eigenvalue weighted by atomic mass is 32.2. The number of esters is 1. The van der Waals surface area contributed by atoms with Crippen molar-refractivity contribution in [2.45, 2.75) is 138 Å². The summed E-state index contributed by atoms with van der Waals surface area (Å²) in [6.45, 7) is 15.7. The molecule has 0 radical (unpaired) electrons. The van der Waals surface area contributed by atoms with Gasteiger partial charge in [-0.25, -0.2) is 0 Å². The van der Waals surface area contributed by atoms with Gasteiger partial charge in [0, 0.05) is 0 Å². The third kappa shape index (κ3) is 7.96. The highest BCUT2D eigenvalue weighted by Crippen LogP contribution is 2.67. The molecule has 0 spiro atoms. The topological polar surface area (TPSA) is 58.6 Å². The molecule has 0 saturated heterocycles. The summed E-state index contributed by atoms with van der Waals surface area (Å²) in [5.74, 6) is 5.88. The van der Waals surface area contributed by atoms with E-state index in [0.717, 1.165) is 61.2 Å². The number of ether oxygens (including phenoxy) is 2. The van der Waals surface area contributed by atoms with Crippen molar-refractivity contribution in [3.63, 3.8) is 0 Å². The van der Waals surface area contributed by atoms with Crippen LogP contribution in [0, 0.1) is 46.3 Å². The van der Waals surface area contributed by atoms with E-state index in [-0.39, 0.29) is 18.5 Å². The minimum atomic E-state index is -1.03. The van der Waals surface area contributed by atoms with Crippen LogP contribution in [0.2, 0.25) is 0 Å². The summed E-state index contributed by atoms with van der Waals surface area (Å²) in [4.78, 5) is 11.8. The Morgan fingerprint density at radius 3 is 2.59 bits per heavy atom. The molecule has 4 aliphatic rings. The molecule has 0 bridgehead atoms. The van der Waals surface area contributed by atoms with Crippen molar-refractivity contribution in [3.05, 3.63) is 11.6 Å². The predicted octanol–water partition coefficient (Wildman–Crippen LogP) is 8.90. The summed E-state index contributed by atoms with van der Waals surface area (Å²) in [5.41, 5.74) is 2.54. The Kier molecular flexibility index (Phi) is 12.2. The smallest absolute Gasteiger partial charge is 0.310 e. The van der Waals surface area contributed by atoms with Crippen molar-refractivity contribution in [2.24, 2.45) is 46.3 Å². The molecule has 0 aromatic heterocycles. The monoisotopic (exact) mass is 590 g/mol. The Labute approximate surface area is 255 Å². The van der Waals surface area contributed by atoms with Crippen LogP contribution in [-0.4, -0.2) is 41.3 Å². The Morgan fingerprint density at radius 1 is 1.02 bits per heavy atom.